The van der Waals surface area contributed by atoms with Gasteiger partial charge in [0.2, 0.25) is 0 Å². The third kappa shape index (κ3) is 3.72. The van der Waals surface area contributed by atoms with Crippen molar-refractivity contribution in [2.24, 2.45) is 0 Å². The summed E-state index contributed by atoms with van der Waals surface area (Å²) in [6, 6.07) is 15.2. The van der Waals surface area contributed by atoms with Gasteiger partial charge in [-0.3, -0.25) is 10.1 Å². The summed E-state index contributed by atoms with van der Waals surface area (Å²) in [5.41, 5.74) is 6.94. The molecule has 5 heteroatoms. The Morgan fingerprint density at radius 2 is 1.69 bits per heavy atom. The lowest BCUT2D eigenvalue weighted by Gasteiger charge is -2.11. The number of hydrogen-bond acceptors (Lipinski definition) is 2. The minimum absolute atomic E-state index is 0.106. The van der Waals surface area contributed by atoms with Crippen molar-refractivity contribution in [3.05, 3.63) is 90.3 Å². The van der Waals surface area contributed by atoms with Gasteiger partial charge in [-0.15, -0.1) is 0 Å². The van der Waals surface area contributed by atoms with Crippen molar-refractivity contribution in [3.8, 4) is 5.69 Å². The van der Waals surface area contributed by atoms with Crippen LogP contribution in [-0.2, 0) is 0 Å². The number of non-ortho nitro benzene ring substituents is 1. The first-order valence-electron chi connectivity index (χ1n) is 8.25. The Morgan fingerprint density at radius 3 is 2.31 bits per heavy atom. The zero-order valence-electron chi connectivity index (χ0n) is 14.9. The van der Waals surface area contributed by atoms with Crippen molar-refractivity contribution in [1.29, 1.82) is 0 Å². The predicted molar refractivity (Wildman–Crippen MR) is 115 cm³/mol. The molecule has 1 aromatic heterocycles. The van der Waals surface area contributed by atoms with Gasteiger partial charge < -0.3 is 4.57 Å². The smallest absolute Gasteiger partial charge is 0.269 e. The lowest BCUT2D eigenvalue weighted by atomic mass is 10.1. The maximum Gasteiger partial charge on any atom is 0.269 e. The van der Waals surface area contributed by atoms with Crippen LogP contribution in [0.2, 0.25) is 0 Å². The molecule has 0 aliphatic carbocycles. The molecule has 0 fully saturated rings. The lowest BCUT2D eigenvalue weighted by Crippen LogP contribution is -2.00. The first kappa shape index (κ1) is 18.4. The lowest BCUT2D eigenvalue weighted by molar-refractivity contribution is -0.384. The first-order valence-corrected chi connectivity index (χ1v) is 9.32. The minimum Gasteiger partial charge on any atom is -0.318 e. The summed E-state index contributed by atoms with van der Waals surface area (Å²) in [5.74, 6) is 0. The number of aromatic nitrogens is 1. The largest absolute Gasteiger partial charge is 0.318 e. The minimum atomic E-state index is -0.385. The molecular weight excluding hydrogens is 439 g/mol. The first-order chi connectivity index (χ1) is 12.4. The second-order valence-corrected chi connectivity index (χ2v) is 7.44. The van der Waals surface area contributed by atoms with Gasteiger partial charge in [-0.25, -0.2) is 0 Å². The number of nitro groups is 1. The number of hydrogen-bond donors (Lipinski definition) is 0. The van der Waals surface area contributed by atoms with E-state index in [1.54, 1.807) is 12.1 Å². The zero-order chi connectivity index (χ0) is 18.8. The molecule has 26 heavy (non-hydrogen) atoms. The van der Waals surface area contributed by atoms with E-state index in [0.29, 0.717) is 0 Å². The van der Waals surface area contributed by atoms with Gasteiger partial charge >= 0.3 is 0 Å². The molecule has 4 nitrogen and oxygen atoms in total. The predicted octanol–water partition coefficient (Wildman–Crippen LogP) is 6.09. The molecule has 0 saturated carbocycles. The zero-order valence-corrected chi connectivity index (χ0v) is 17.0. The van der Waals surface area contributed by atoms with E-state index in [-0.39, 0.29) is 10.6 Å². The fourth-order valence-electron chi connectivity index (χ4n) is 3.01. The van der Waals surface area contributed by atoms with Gasteiger partial charge in [0, 0.05) is 32.8 Å². The summed E-state index contributed by atoms with van der Waals surface area (Å²) in [6.45, 7) is 6.33. The van der Waals surface area contributed by atoms with E-state index in [0.717, 1.165) is 16.8 Å². The van der Waals surface area contributed by atoms with Crippen LogP contribution in [0, 0.1) is 34.5 Å². The van der Waals surface area contributed by atoms with Gasteiger partial charge in [0.1, 0.15) is 0 Å². The Balaban J connectivity index is 1.92. The second-order valence-electron chi connectivity index (χ2n) is 6.28. The SMILES string of the molecule is Cc1cc(-n2c(C)cc(/C=C/c3ccc([N+](=O)[O-])cc3)c2C)ccc1I. The third-order valence-electron chi connectivity index (χ3n) is 4.43. The molecule has 0 radical (unpaired) electrons. The van der Waals surface area contributed by atoms with Crippen LogP contribution < -0.4 is 0 Å². The number of nitro benzene ring substituents is 1. The summed E-state index contributed by atoms with van der Waals surface area (Å²) < 4.78 is 3.51. The van der Waals surface area contributed by atoms with E-state index >= 15 is 0 Å². The van der Waals surface area contributed by atoms with E-state index in [1.807, 2.05) is 6.08 Å². The molecule has 0 atom stereocenters. The van der Waals surface area contributed by atoms with Crippen LogP contribution in [0.4, 0.5) is 5.69 Å². The quantitative estimate of drug-likeness (QED) is 0.270. The van der Waals surface area contributed by atoms with Crippen LogP contribution in [0.5, 0.6) is 0 Å². The Kier molecular flexibility index (Phi) is 5.27. The molecule has 132 valence electrons. The van der Waals surface area contributed by atoms with Crippen LogP contribution in [0.15, 0.2) is 48.5 Å². The molecule has 0 bridgehead atoms. The van der Waals surface area contributed by atoms with Crippen molar-refractivity contribution in [3.63, 3.8) is 0 Å². The standard InChI is InChI=1S/C21H19IN2O2/c1-14-12-20(10-11-21(14)22)23-15(2)13-18(16(23)3)7-4-17-5-8-19(9-6-17)24(25)26/h4-13H,1-3H3/b7-4+. The van der Waals surface area contributed by atoms with E-state index in [4.69, 9.17) is 0 Å². The van der Waals surface area contributed by atoms with Crippen LogP contribution in [0.1, 0.15) is 28.1 Å². The van der Waals surface area contributed by atoms with E-state index in [9.17, 15) is 10.1 Å². The number of rotatable bonds is 4. The van der Waals surface area contributed by atoms with Crippen LogP contribution in [0.25, 0.3) is 17.8 Å². The molecule has 0 amide bonds. The molecule has 0 unspecified atom stereocenters. The van der Waals surface area contributed by atoms with E-state index in [1.165, 1.54) is 32.7 Å². The molecule has 0 N–H and O–H groups in total. The Hall–Kier alpha value is -2.41. The van der Waals surface area contributed by atoms with Gasteiger partial charge in [0.25, 0.3) is 5.69 Å². The molecule has 0 aliphatic heterocycles. The normalized spacial score (nSPS) is 11.2. The highest BCUT2D eigenvalue weighted by Gasteiger charge is 2.10. The van der Waals surface area contributed by atoms with Gasteiger partial charge in [-0.05, 0) is 96.5 Å². The fraction of sp³-hybridized carbons (Fsp3) is 0.143. The summed E-state index contributed by atoms with van der Waals surface area (Å²) in [7, 11) is 0. The highest BCUT2D eigenvalue weighted by Crippen LogP contribution is 2.25. The van der Waals surface area contributed by atoms with Gasteiger partial charge in [-0.1, -0.05) is 12.2 Å². The fourth-order valence-corrected chi connectivity index (χ4v) is 3.35. The molecule has 2 aromatic carbocycles. The maximum atomic E-state index is 10.7. The van der Waals surface area contributed by atoms with Crippen molar-refractivity contribution in [1.82, 2.24) is 4.57 Å². The van der Waals surface area contributed by atoms with Crippen molar-refractivity contribution in [2.45, 2.75) is 20.8 Å². The van der Waals surface area contributed by atoms with Crippen LogP contribution in [-0.4, -0.2) is 9.49 Å². The average Bonchev–Trinajstić information content (AvgIpc) is 2.90. The van der Waals surface area contributed by atoms with Crippen LogP contribution >= 0.6 is 22.6 Å². The highest BCUT2D eigenvalue weighted by atomic mass is 127. The van der Waals surface area contributed by atoms with E-state index in [2.05, 4.69) is 78.3 Å². The Labute approximate surface area is 166 Å². The van der Waals surface area contributed by atoms with Gasteiger partial charge in [0.15, 0.2) is 0 Å². The molecule has 0 spiro atoms. The molecule has 1 heterocycles. The molecule has 0 saturated heterocycles. The number of benzene rings is 2. The van der Waals surface area contributed by atoms with Crippen LogP contribution in [0.3, 0.4) is 0 Å². The van der Waals surface area contributed by atoms with Crippen molar-refractivity contribution >= 4 is 40.4 Å². The van der Waals surface area contributed by atoms with Crippen molar-refractivity contribution < 1.29 is 4.92 Å². The molecule has 0 aliphatic rings. The molecular formula is C21H19IN2O2. The summed E-state index contributed by atoms with van der Waals surface area (Å²) in [5, 5.41) is 10.7. The monoisotopic (exact) mass is 458 g/mol. The maximum absolute atomic E-state index is 10.7. The molecule has 3 aromatic rings. The molecule has 3 rings (SSSR count). The Morgan fingerprint density at radius 1 is 1.00 bits per heavy atom. The van der Waals surface area contributed by atoms with Gasteiger partial charge in [0.05, 0.1) is 4.92 Å². The van der Waals surface area contributed by atoms with Crippen molar-refractivity contribution in [2.75, 3.05) is 0 Å². The third-order valence-corrected chi connectivity index (χ3v) is 5.64. The summed E-state index contributed by atoms with van der Waals surface area (Å²) >= 11 is 2.35. The number of nitrogens with zero attached hydrogens (tertiary/aromatic N) is 2. The second kappa shape index (κ2) is 7.45. The van der Waals surface area contributed by atoms with Gasteiger partial charge in [-0.2, -0.15) is 0 Å². The average molecular weight is 458 g/mol. The summed E-state index contributed by atoms with van der Waals surface area (Å²) in [6.07, 6.45) is 4.04. The van der Waals surface area contributed by atoms with E-state index < -0.39 is 0 Å². The topological polar surface area (TPSA) is 48.1 Å². The number of halogens is 1. The Bertz CT molecular complexity index is 1000. The number of aryl methyl sites for hydroxylation is 2. The summed E-state index contributed by atoms with van der Waals surface area (Å²) in [4.78, 5) is 10.4. The highest BCUT2D eigenvalue weighted by molar-refractivity contribution is 14.1.